The van der Waals surface area contributed by atoms with Crippen molar-refractivity contribution in [1.29, 1.82) is 0 Å². The molecule has 6 nitrogen and oxygen atoms in total. The van der Waals surface area contributed by atoms with Crippen LogP contribution in [0.25, 0.3) is 0 Å². The maximum atomic E-state index is 12.0. The quantitative estimate of drug-likeness (QED) is 0.489. The Bertz CT molecular complexity index is 878. The van der Waals surface area contributed by atoms with Crippen molar-refractivity contribution in [3.05, 3.63) is 57.3 Å². The number of methoxy groups -OCH3 is 1. The van der Waals surface area contributed by atoms with Crippen LogP contribution in [-0.4, -0.2) is 35.2 Å². The van der Waals surface area contributed by atoms with Crippen molar-refractivity contribution in [2.75, 3.05) is 7.11 Å². The maximum Gasteiger partial charge on any atom is 0.345 e. The highest BCUT2D eigenvalue weighted by atomic mass is 32.1. The number of hydrogen-bond acceptors (Lipinski definition) is 5. The number of unbranched alkanes of at least 4 members (excludes halogenated alkanes) is 2. The number of aliphatic hydroxyl groups is 1. The number of aliphatic hydroxyl groups excluding tert-OH is 1. The summed E-state index contributed by atoms with van der Waals surface area (Å²) in [5.74, 6) is -1.03. The lowest BCUT2D eigenvalue weighted by molar-refractivity contribution is -0.120. The van der Waals surface area contributed by atoms with Crippen LogP contribution < -0.4 is 5.32 Å². The number of hydrogen-bond donors (Lipinski definition) is 3. The van der Waals surface area contributed by atoms with E-state index in [1.54, 1.807) is 19.2 Å². The third-order valence-corrected chi connectivity index (χ3v) is 6.99. The van der Waals surface area contributed by atoms with Gasteiger partial charge in [0.15, 0.2) is 0 Å². The first kappa shape index (κ1) is 22.5. The number of amides is 1. The van der Waals surface area contributed by atoms with Crippen LogP contribution in [-0.2, 0) is 15.1 Å². The number of rotatable bonds is 10. The number of ether oxygens (including phenoxy) is 1. The number of carbonyl (C=O) groups excluding carboxylic acids is 1. The maximum absolute atomic E-state index is 12.0. The predicted molar refractivity (Wildman–Crippen MR) is 116 cm³/mol. The first-order valence-electron chi connectivity index (χ1n) is 10.4. The second kappa shape index (κ2) is 9.73. The first-order chi connectivity index (χ1) is 14.4. The number of nitrogens with one attached hydrogen (secondary N) is 1. The molecule has 3 rings (SSSR count). The number of benzene rings is 1. The van der Waals surface area contributed by atoms with E-state index >= 15 is 0 Å². The van der Waals surface area contributed by atoms with Crippen molar-refractivity contribution in [3.63, 3.8) is 0 Å². The summed E-state index contributed by atoms with van der Waals surface area (Å²) in [7, 11) is 1.58. The second-order valence-electron chi connectivity index (χ2n) is 7.70. The predicted octanol–water partition coefficient (Wildman–Crippen LogP) is 4.23. The molecule has 162 valence electrons. The standard InChI is InChI=1S/C23H29NO5S/c1-3-4-5-6-17(25)15-7-9-16(10-8-15)23(29-2,19-12-14-21(26)24-19)20-13-11-18(30-20)22(27)28/h7-11,13,17,19,25H,3-6,12,14H2,1-2H3,(H,24,26)(H,27,28)/t17?,19?,23-/m0/s1. The van der Waals surface area contributed by atoms with Crippen molar-refractivity contribution in [1.82, 2.24) is 5.32 Å². The summed E-state index contributed by atoms with van der Waals surface area (Å²) in [4.78, 5) is 24.4. The van der Waals surface area contributed by atoms with Gasteiger partial charge in [0, 0.05) is 18.4 Å². The minimum Gasteiger partial charge on any atom is -0.477 e. The SMILES string of the molecule is CCCCCC(O)c1ccc([C@@](OC)(c2ccc(C(=O)O)s2)C2CCC(=O)N2)cc1. The van der Waals surface area contributed by atoms with Gasteiger partial charge in [-0.2, -0.15) is 0 Å². The van der Waals surface area contributed by atoms with Crippen LogP contribution in [0.4, 0.5) is 0 Å². The number of carbonyl (C=O) groups is 2. The summed E-state index contributed by atoms with van der Waals surface area (Å²) < 4.78 is 6.06. The van der Waals surface area contributed by atoms with E-state index in [1.807, 2.05) is 24.3 Å². The van der Waals surface area contributed by atoms with Gasteiger partial charge in [0.25, 0.3) is 0 Å². The second-order valence-corrected chi connectivity index (χ2v) is 8.78. The Morgan fingerprint density at radius 1 is 1.27 bits per heavy atom. The molecule has 2 unspecified atom stereocenters. The lowest BCUT2D eigenvalue weighted by atomic mass is 9.83. The normalized spacial score (nSPS) is 19.3. The summed E-state index contributed by atoms with van der Waals surface area (Å²) in [6.45, 7) is 2.13. The van der Waals surface area contributed by atoms with Gasteiger partial charge in [-0.25, -0.2) is 4.79 Å². The average Bonchev–Trinajstić information content (AvgIpc) is 3.40. The molecular weight excluding hydrogens is 402 g/mol. The lowest BCUT2D eigenvalue weighted by Gasteiger charge is -2.37. The monoisotopic (exact) mass is 431 g/mol. The highest BCUT2D eigenvalue weighted by molar-refractivity contribution is 7.14. The van der Waals surface area contributed by atoms with Crippen LogP contribution in [0.2, 0.25) is 0 Å². The zero-order chi connectivity index (χ0) is 21.7. The third kappa shape index (κ3) is 4.43. The molecule has 1 aliphatic heterocycles. The van der Waals surface area contributed by atoms with Gasteiger partial charge in [-0.15, -0.1) is 11.3 Å². The van der Waals surface area contributed by atoms with Crippen molar-refractivity contribution in [2.24, 2.45) is 0 Å². The lowest BCUT2D eigenvalue weighted by Crippen LogP contribution is -2.48. The molecule has 0 radical (unpaired) electrons. The Kier molecular flexibility index (Phi) is 7.28. The van der Waals surface area contributed by atoms with Gasteiger partial charge in [-0.05, 0) is 36.1 Å². The largest absolute Gasteiger partial charge is 0.477 e. The molecule has 3 atom stereocenters. The molecule has 7 heteroatoms. The fourth-order valence-electron chi connectivity index (χ4n) is 4.15. The summed E-state index contributed by atoms with van der Waals surface area (Å²) in [6, 6.07) is 10.6. The number of thiophene rings is 1. The van der Waals surface area contributed by atoms with Crippen molar-refractivity contribution >= 4 is 23.2 Å². The first-order valence-corrected chi connectivity index (χ1v) is 11.2. The highest BCUT2D eigenvalue weighted by Gasteiger charge is 2.47. The van der Waals surface area contributed by atoms with E-state index in [-0.39, 0.29) is 16.8 Å². The molecule has 1 aliphatic rings. The average molecular weight is 432 g/mol. The summed E-state index contributed by atoms with van der Waals surface area (Å²) in [6.07, 6.45) is 4.36. The Balaban J connectivity index is 1.97. The molecular formula is C23H29NO5S. The fourth-order valence-corrected chi connectivity index (χ4v) is 5.25. The Morgan fingerprint density at radius 2 is 2.00 bits per heavy atom. The summed E-state index contributed by atoms with van der Waals surface area (Å²) >= 11 is 1.15. The van der Waals surface area contributed by atoms with Gasteiger partial charge in [-0.3, -0.25) is 4.79 Å². The number of carboxylic acids is 1. The van der Waals surface area contributed by atoms with Crippen LogP contribution in [0.5, 0.6) is 0 Å². The molecule has 0 saturated carbocycles. The van der Waals surface area contributed by atoms with E-state index < -0.39 is 17.7 Å². The van der Waals surface area contributed by atoms with Crippen molar-refractivity contribution in [2.45, 2.75) is 63.2 Å². The Labute approximate surface area is 180 Å². The Morgan fingerprint density at radius 3 is 2.53 bits per heavy atom. The van der Waals surface area contributed by atoms with Crippen LogP contribution in [0, 0.1) is 0 Å². The molecule has 3 N–H and O–H groups in total. The van der Waals surface area contributed by atoms with E-state index in [4.69, 9.17) is 4.74 Å². The molecule has 1 fully saturated rings. The van der Waals surface area contributed by atoms with E-state index in [1.165, 1.54) is 0 Å². The van der Waals surface area contributed by atoms with Gasteiger partial charge >= 0.3 is 5.97 Å². The van der Waals surface area contributed by atoms with Gasteiger partial charge in [0.05, 0.1) is 12.1 Å². The van der Waals surface area contributed by atoms with E-state index in [2.05, 4.69) is 12.2 Å². The zero-order valence-corrected chi connectivity index (χ0v) is 18.2. The van der Waals surface area contributed by atoms with Crippen LogP contribution >= 0.6 is 11.3 Å². The van der Waals surface area contributed by atoms with Crippen LogP contribution in [0.15, 0.2) is 36.4 Å². The molecule has 0 spiro atoms. The smallest absolute Gasteiger partial charge is 0.345 e. The topological polar surface area (TPSA) is 95.9 Å². The molecule has 2 heterocycles. The molecule has 30 heavy (non-hydrogen) atoms. The van der Waals surface area contributed by atoms with E-state index in [9.17, 15) is 19.8 Å². The molecule has 0 bridgehead atoms. The molecule has 1 aromatic carbocycles. The third-order valence-electron chi connectivity index (χ3n) is 5.80. The van der Waals surface area contributed by atoms with Crippen molar-refractivity contribution < 1.29 is 24.5 Å². The highest BCUT2D eigenvalue weighted by Crippen LogP contribution is 2.43. The molecule has 0 aliphatic carbocycles. The van der Waals surface area contributed by atoms with Crippen molar-refractivity contribution in [3.8, 4) is 0 Å². The van der Waals surface area contributed by atoms with Crippen LogP contribution in [0.1, 0.15) is 77.2 Å². The molecule has 1 amide bonds. The zero-order valence-electron chi connectivity index (χ0n) is 17.4. The molecule has 1 aromatic heterocycles. The van der Waals surface area contributed by atoms with Gasteiger partial charge in [0.1, 0.15) is 10.5 Å². The number of aromatic carboxylic acids is 1. The summed E-state index contributed by atoms with van der Waals surface area (Å²) in [5, 5.41) is 22.8. The summed E-state index contributed by atoms with van der Waals surface area (Å²) in [5.41, 5.74) is 0.671. The number of carboxylic acid groups (broad SMARTS) is 1. The minimum atomic E-state index is -0.990. The van der Waals surface area contributed by atoms with Gasteiger partial charge < -0.3 is 20.3 Å². The van der Waals surface area contributed by atoms with Gasteiger partial charge in [0.2, 0.25) is 5.91 Å². The van der Waals surface area contributed by atoms with Gasteiger partial charge in [-0.1, -0.05) is 50.5 Å². The Hall–Kier alpha value is -2.22. The molecule has 1 saturated heterocycles. The molecule has 2 aromatic rings. The van der Waals surface area contributed by atoms with Crippen LogP contribution in [0.3, 0.4) is 0 Å². The van der Waals surface area contributed by atoms with E-state index in [0.717, 1.165) is 46.6 Å². The van der Waals surface area contributed by atoms with E-state index in [0.29, 0.717) is 19.3 Å². The fraction of sp³-hybridized carbons (Fsp3) is 0.478. The minimum absolute atomic E-state index is 0.0422.